The Morgan fingerprint density at radius 2 is 1.96 bits per heavy atom. The Morgan fingerprint density at radius 3 is 2.52 bits per heavy atom. The van der Waals surface area contributed by atoms with Crippen LogP contribution in [0.4, 0.5) is 4.39 Å². The summed E-state index contributed by atoms with van der Waals surface area (Å²) in [4.78, 5) is 2.12. The van der Waals surface area contributed by atoms with Gasteiger partial charge in [0.05, 0.1) is 18.4 Å². The van der Waals surface area contributed by atoms with Gasteiger partial charge in [-0.3, -0.25) is 0 Å². The van der Waals surface area contributed by atoms with Gasteiger partial charge in [-0.05, 0) is 38.7 Å². The van der Waals surface area contributed by atoms with Crippen LogP contribution < -0.4 is 10.1 Å². The summed E-state index contributed by atoms with van der Waals surface area (Å²) in [6, 6.07) is 6.83. The van der Waals surface area contributed by atoms with Crippen molar-refractivity contribution in [3.8, 4) is 5.88 Å². The Balaban J connectivity index is 2.04. The number of benzene rings is 1. The van der Waals surface area contributed by atoms with Gasteiger partial charge < -0.3 is 15.0 Å². The standard InChI is InChI=1S/C17H25FN4O/c1-12-15(17(23-5)22(4)20-12)10-19-11-16(21(2)3)13-6-8-14(18)9-7-13/h6-9,16,19H,10-11H2,1-5H3. The maximum absolute atomic E-state index is 13.1. The largest absolute Gasteiger partial charge is 0.481 e. The Hall–Kier alpha value is -1.92. The van der Waals surface area contributed by atoms with Crippen LogP contribution in [0.5, 0.6) is 5.88 Å². The van der Waals surface area contributed by atoms with E-state index >= 15 is 0 Å². The van der Waals surface area contributed by atoms with E-state index in [9.17, 15) is 4.39 Å². The molecule has 1 aromatic carbocycles. The van der Waals surface area contributed by atoms with Gasteiger partial charge in [-0.2, -0.15) is 5.10 Å². The van der Waals surface area contributed by atoms with E-state index in [1.807, 2.05) is 40.2 Å². The zero-order valence-electron chi connectivity index (χ0n) is 14.4. The van der Waals surface area contributed by atoms with Crippen LogP contribution in [0.3, 0.4) is 0 Å². The summed E-state index contributed by atoms with van der Waals surface area (Å²) >= 11 is 0. The minimum absolute atomic E-state index is 0.165. The monoisotopic (exact) mass is 320 g/mol. The number of aryl methyl sites for hydroxylation is 2. The zero-order valence-corrected chi connectivity index (χ0v) is 14.4. The number of likely N-dealkylation sites (N-methyl/N-ethyl adjacent to an activating group) is 1. The molecular formula is C17H25FN4O. The predicted octanol–water partition coefficient (Wildman–Crippen LogP) is 2.27. The topological polar surface area (TPSA) is 42.3 Å². The average molecular weight is 320 g/mol. The summed E-state index contributed by atoms with van der Waals surface area (Å²) < 4.78 is 20.3. The second-order valence-electron chi connectivity index (χ2n) is 5.86. The lowest BCUT2D eigenvalue weighted by molar-refractivity contribution is 0.287. The van der Waals surface area contributed by atoms with E-state index in [-0.39, 0.29) is 11.9 Å². The van der Waals surface area contributed by atoms with Gasteiger partial charge in [-0.25, -0.2) is 9.07 Å². The van der Waals surface area contributed by atoms with Gasteiger partial charge in [-0.1, -0.05) is 12.1 Å². The normalized spacial score (nSPS) is 12.7. The van der Waals surface area contributed by atoms with E-state index in [1.165, 1.54) is 12.1 Å². The van der Waals surface area contributed by atoms with Crippen molar-refractivity contribution < 1.29 is 9.13 Å². The quantitative estimate of drug-likeness (QED) is 0.850. The number of ether oxygens (including phenoxy) is 1. The highest BCUT2D eigenvalue weighted by Gasteiger charge is 2.16. The van der Waals surface area contributed by atoms with E-state index in [2.05, 4.69) is 15.3 Å². The van der Waals surface area contributed by atoms with Crippen LogP contribution in [0.2, 0.25) is 0 Å². The summed E-state index contributed by atoms with van der Waals surface area (Å²) in [5.41, 5.74) is 3.10. The molecule has 0 aliphatic heterocycles. The summed E-state index contributed by atoms with van der Waals surface area (Å²) in [7, 11) is 7.56. The number of hydrogen-bond donors (Lipinski definition) is 1. The SMILES string of the molecule is COc1c(CNCC(c2ccc(F)cc2)N(C)C)c(C)nn1C. The molecule has 2 aromatic rings. The first-order valence-corrected chi connectivity index (χ1v) is 7.63. The van der Waals surface area contributed by atoms with Gasteiger partial charge in [0.2, 0.25) is 5.88 Å². The fourth-order valence-electron chi connectivity index (χ4n) is 2.76. The molecule has 0 aliphatic rings. The van der Waals surface area contributed by atoms with Gasteiger partial charge in [0.1, 0.15) is 5.82 Å². The maximum atomic E-state index is 13.1. The number of halogens is 1. The molecule has 1 heterocycles. The van der Waals surface area contributed by atoms with Crippen molar-refractivity contribution in [2.24, 2.45) is 7.05 Å². The minimum atomic E-state index is -0.213. The molecule has 5 nitrogen and oxygen atoms in total. The van der Waals surface area contributed by atoms with E-state index < -0.39 is 0 Å². The molecule has 1 aromatic heterocycles. The number of rotatable bonds is 7. The number of methoxy groups -OCH3 is 1. The van der Waals surface area contributed by atoms with E-state index in [0.29, 0.717) is 6.54 Å². The smallest absolute Gasteiger partial charge is 0.216 e. The lowest BCUT2D eigenvalue weighted by Crippen LogP contribution is -2.31. The third-order valence-electron chi connectivity index (χ3n) is 4.00. The van der Waals surface area contributed by atoms with E-state index in [1.54, 1.807) is 11.8 Å². The molecule has 126 valence electrons. The molecule has 0 saturated heterocycles. The van der Waals surface area contributed by atoms with Crippen molar-refractivity contribution in [3.05, 3.63) is 46.9 Å². The van der Waals surface area contributed by atoms with Gasteiger partial charge in [0.25, 0.3) is 0 Å². The molecule has 0 spiro atoms. The molecule has 1 unspecified atom stereocenters. The third kappa shape index (κ3) is 4.09. The first-order chi connectivity index (χ1) is 10.9. The zero-order chi connectivity index (χ0) is 17.0. The van der Waals surface area contributed by atoms with Gasteiger partial charge in [0, 0.05) is 26.2 Å². The van der Waals surface area contributed by atoms with E-state index in [4.69, 9.17) is 4.74 Å². The molecule has 0 radical (unpaired) electrons. The number of aromatic nitrogens is 2. The maximum Gasteiger partial charge on any atom is 0.216 e. The molecule has 0 fully saturated rings. The first kappa shape index (κ1) is 17.4. The molecule has 1 atom stereocenters. The van der Waals surface area contributed by atoms with Crippen LogP contribution in [0.25, 0.3) is 0 Å². The molecule has 0 amide bonds. The molecular weight excluding hydrogens is 295 g/mol. The highest BCUT2D eigenvalue weighted by Crippen LogP contribution is 2.22. The van der Waals surface area contributed by atoms with Crippen molar-refractivity contribution in [2.75, 3.05) is 27.7 Å². The summed E-state index contributed by atoms with van der Waals surface area (Å²) in [5, 5.41) is 7.84. The van der Waals surface area contributed by atoms with Crippen LogP contribution in [0, 0.1) is 12.7 Å². The second-order valence-corrected chi connectivity index (χ2v) is 5.86. The molecule has 0 bridgehead atoms. The third-order valence-corrected chi connectivity index (χ3v) is 4.00. The summed E-state index contributed by atoms with van der Waals surface area (Å²) in [6.07, 6.45) is 0. The van der Waals surface area contributed by atoms with Crippen LogP contribution >= 0.6 is 0 Å². The molecule has 6 heteroatoms. The molecule has 2 rings (SSSR count). The highest BCUT2D eigenvalue weighted by atomic mass is 19.1. The van der Waals surface area contributed by atoms with Crippen LogP contribution in [-0.2, 0) is 13.6 Å². The fourth-order valence-corrected chi connectivity index (χ4v) is 2.76. The van der Waals surface area contributed by atoms with Crippen LogP contribution in [0.1, 0.15) is 22.9 Å². The number of hydrogen-bond acceptors (Lipinski definition) is 4. The van der Waals surface area contributed by atoms with Crippen molar-refractivity contribution in [2.45, 2.75) is 19.5 Å². The lowest BCUT2D eigenvalue weighted by Gasteiger charge is -2.25. The lowest BCUT2D eigenvalue weighted by atomic mass is 10.1. The van der Waals surface area contributed by atoms with Crippen molar-refractivity contribution >= 4 is 0 Å². The Labute approximate surface area is 137 Å². The van der Waals surface area contributed by atoms with Gasteiger partial charge >= 0.3 is 0 Å². The summed E-state index contributed by atoms with van der Waals surface area (Å²) in [6.45, 7) is 3.40. The first-order valence-electron chi connectivity index (χ1n) is 7.63. The molecule has 1 N–H and O–H groups in total. The van der Waals surface area contributed by atoms with Crippen LogP contribution in [-0.4, -0.2) is 42.4 Å². The average Bonchev–Trinajstić information content (AvgIpc) is 2.78. The van der Waals surface area contributed by atoms with Crippen LogP contribution in [0.15, 0.2) is 24.3 Å². The van der Waals surface area contributed by atoms with E-state index in [0.717, 1.165) is 29.2 Å². The number of nitrogens with zero attached hydrogens (tertiary/aromatic N) is 3. The predicted molar refractivity (Wildman–Crippen MR) is 89.0 cm³/mol. The number of nitrogens with one attached hydrogen (secondary N) is 1. The second kappa shape index (κ2) is 7.57. The van der Waals surface area contributed by atoms with Gasteiger partial charge in [0.15, 0.2) is 0 Å². The molecule has 0 saturated carbocycles. The Kier molecular flexibility index (Phi) is 5.74. The Morgan fingerprint density at radius 1 is 1.30 bits per heavy atom. The highest BCUT2D eigenvalue weighted by molar-refractivity contribution is 5.30. The Bertz CT molecular complexity index is 637. The molecule has 23 heavy (non-hydrogen) atoms. The molecule has 0 aliphatic carbocycles. The van der Waals surface area contributed by atoms with Crippen molar-refractivity contribution in [3.63, 3.8) is 0 Å². The summed E-state index contributed by atoms with van der Waals surface area (Å²) in [5.74, 6) is 0.563. The minimum Gasteiger partial charge on any atom is -0.481 e. The van der Waals surface area contributed by atoms with Crippen molar-refractivity contribution in [1.82, 2.24) is 20.0 Å². The van der Waals surface area contributed by atoms with Gasteiger partial charge in [-0.15, -0.1) is 0 Å². The fraction of sp³-hybridized carbons (Fsp3) is 0.471. The van der Waals surface area contributed by atoms with Crippen molar-refractivity contribution in [1.29, 1.82) is 0 Å².